The van der Waals surface area contributed by atoms with E-state index in [1.54, 1.807) is 0 Å². The lowest BCUT2D eigenvalue weighted by Gasteiger charge is -2.33. The van der Waals surface area contributed by atoms with E-state index < -0.39 is 0 Å². The van der Waals surface area contributed by atoms with Crippen molar-refractivity contribution in [2.24, 2.45) is 11.3 Å². The minimum Gasteiger partial charge on any atom is -0.338 e. The highest BCUT2D eigenvalue weighted by molar-refractivity contribution is 5.74. The minimum atomic E-state index is -0.00564. The molecule has 2 N–H and O–H groups in total. The van der Waals surface area contributed by atoms with Crippen molar-refractivity contribution in [2.45, 2.75) is 65.8 Å². The third-order valence-corrected chi connectivity index (χ3v) is 3.36. The molecule has 0 saturated heterocycles. The van der Waals surface area contributed by atoms with E-state index in [1.165, 1.54) is 19.3 Å². The van der Waals surface area contributed by atoms with Crippen LogP contribution in [0, 0.1) is 11.3 Å². The predicted molar refractivity (Wildman–Crippen MR) is 72.0 cm³/mol. The molecule has 17 heavy (non-hydrogen) atoms. The van der Waals surface area contributed by atoms with Crippen LogP contribution in [0.15, 0.2) is 0 Å². The highest BCUT2D eigenvalue weighted by Gasteiger charge is 2.26. The largest absolute Gasteiger partial charge is 0.338 e. The number of hydrogen-bond donors (Lipinski definition) is 2. The number of rotatable bonds is 3. The maximum Gasteiger partial charge on any atom is 0.314 e. The van der Waals surface area contributed by atoms with Crippen LogP contribution >= 0.6 is 0 Å². The average molecular weight is 240 g/mol. The Morgan fingerprint density at radius 3 is 2.59 bits per heavy atom. The summed E-state index contributed by atoms with van der Waals surface area (Å²) < 4.78 is 0. The molecule has 1 saturated carbocycles. The standard InChI is InChI=1S/C14H28N2O/c1-5-15-13(17)16-12-8-6-7-11(9-12)10-14(2,3)4/h11-12H,5-10H2,1-4H3,(H2,15,16,17)/t11-,12+/m0/s1. The van der Waals surface area contributed by atoms with E-state index in [9.17, 15) is 4.79 Å². The van der Waals surface area contributed by atoms with Crippen LogP contribution in [0.3, 0.4) is 0 Å². The molecule has 1 rings (SSSR count). The van der Waals surface area contributed by atoms with Crippen LogP contribution in [0.2, 0.25) is 0 Å². The van der Waals surface area contributed by atoms with Crippen molar-refractivity contribution in [1.82, 2.24) is 10.6 Å². The number of nitrogens with one attached hydrogen (secondary N) is 2. The molecule has 0 aromatic heterocycles. The summed E-state index contributed by atoms with van der Waals surface area (Å²) in [5.74, 6) is 0.774. The maximum atomic E-state index is 11.5. The highest BCUT2D eigenvalue weighted by atomic mass is 16.2. The fourth-order valence-corrected chi connectivity index (χ4v) is 2.87. The Hall–Kier alpha value is -0.730. The van der Waals surface area contributed by atoms with Gasteiger partial charge >= 0.3 is 6.03 Å². The summed E-state index contributed by atoms with van der Waals surface area (Å²) in [6.45, 7) is 9.54. The fourth-order valence-electron chi connectivity index (χ4n) is 2.87. The number of carbonyl (C=O) groups is 1. The first kappa shape index (κ1) is 14.3. The van der Waals surface area contributed by atoms with Gasteiger partial charge in [0.05, 0.1) is 0 Å². The Morgan fingerprint density at radius 2 is 2.00 bits per heavy atom. The average Bonchev–Trinajstić information content (AvgIpc) is 2.15. The van der Waals surface area contributed by atoms with Gasteiger partial charge in [0.15, 0.2) is 0 Å². The monoisotopic (exact) mass is 240 g/mol. The summed E-state index contributed by atoms with van der Waals surface area (Å²) in [6.07, 6.45) is 6.12. The molecule has 3 nitrogen and oxygen atoms in total. The zero-order valence-electron chi connectivity index (χ0n) is 11.8. The van der Waals surface area contributed by atoms with Crippen molar-refractivity contribution >= 4 is 6.03 Å². The van der Waals surface area contributed by atoms with Gasteiger partial charge in [0.25, 0.3) is 0 Å². The molecule has 3 heteroatoms. The smallest absolute Gasteiger partial charge is 0.314 e. The van der Waals surface area contributed by atoms with E-state index in [2.05, 4.69) is 31.4 Å². The third-order valence-electron chi connectivity index (χ3n) is 3.36. The predicted octanol–water partition coefficient (Wildman–Crippen LogP) is 3.30. The lowest BCUT2D eigenvalue weighted by atomic mass is 9.76. The second kappa shape index (κ2) is 6.27. The Kier molecular flexibility index (Phi) is 5.29. The van der Waals surface area contributed by atoms with Crippen molar-refractivity contribution in [3.05, 3.63) is 0 Å². The molecule has 2 amide bonds. The molecular weight excluding hydrogens is 212 g/mol. The van der Waals surface area contributed by atoms with Crippen LogP contribution < -0.4 is 10.6 Å². The third kappa shape index (κ3) is 5.94. The zero-order chi connectivity index (χ0) is 12.9. The van der Waals surface area contributed by atoms with Gasteiger partial charge in [0.2, 0.25) is 0 Å². The maximum absolute atomic E-state index is 11.5. The molecule has 0 aromatic rings. The van der Waals surface area contributed by atoms with Crippen LogP contribution in [0.1, 0.15) is 59.8 Å². The SMILES string of the molecule is CCNC(=O)N[C@@H]1CCC[C@H](CC(C)(C)C)C1. The topological polar surface area (TPSA) is 41.1 Å². The molecule has 0 aliphatic heterocycles. The summed E-state index contributed by atoms with van der Waals surface area (Å²) >= 11 is 0. The second-order valence-electron chi connectivity index (χ2n) is 6.50. The molecule has 0 unspecified atom stereocenters. The second-order valence-corrected chi connectivity index (χ2v) is 6.50. The zero-order valence-corrected chi connectivity index (χ0v) is 11.8. The van der Waals surface area contributed by atoms with Crippen LogP contribution in [0.25, 0.3) is 0 Å². The van der Waals surface area contributed by atoms with Gasteiger partial charge in [-0.25, -0.2) is 4.79 Å². The van der Waals surface area contributed by atoms with E-state index in [1.807, 2.05) is 6.92 Å². The quantitative estimate of drug-likeness (QED) is 0.781. The van der Waals surface area contributed by atoms with Crippen molar-refractivity contribution in [1.29, 1.82) is 0 Å². The molecular formula is C14H28N2O. The molecule has 2 atom stereocenters. The lowest BCUT2D eigenvalue weighted by Crippen LogP contribution is -2.44. The Morgan fingerprint density at radius 1 is 1.29 bits per heavy atom. The van der Waals surface area contributed by atoms with Gasteiger partial charge < -0.3 is 10.6 Å². The van der Waals surface area contributed by atoms with E-state index in [-0.39, 0.29) is 6.03 Å². The van der Waals surface area contributed by atoms with Crippen molar-refractivity contribution < 1.29 is 4.79 Å². The molecule has 0 aromatic carbocycles. The Balaban J connectivity index is 2.36. The molecule has 1 fully saturated rings. The van der Waals surface area contributed by atoms with Gasteiger partial charge in [-0.05, 0) is 37.5 Å². The van der Waals surface area contributed by atoms with Gasteiger partial charge in [-0.3, -0.25) is 0 Å². The van der Waals surface area contributed by atoms with Crippen molar-refractivity contribution in [3.8, 4) is 0 Å². The molecule has 100 valence electrons. The summed E-state index contributed by atoms with van der Waals surface area (Å²) in [4.78, 5) is 11.5. The van der Waals surface area contributed by atoms with Gasteiger partial charge in [0, 0.05) is 12.6 Å². The first-order chi connectivity index (χ1) is 7.90. The van der Waals surface area contributed by atoms with E-state index in [0.717, 1.165) is 18.8 Å². The number of hydrogen-bond acceptors (Lipinski definition) is 1. The molecule has 1 aliphatic carbocycles. The number of urea groups is 1. The first-order valence-electron chi connectivity index (χ1n) is 6.95. The Labute approximate surface area is 106 Å². The van der Waals surface area contributed by atoms with Gasteiger partial charge in [0.1, 0.15) is 0 Å². The van der Waals surface area contributed by atoms with Crippen molar-refractivity contribution in [2.75, 3.05) is 6.54 Å². The minimum absolute atomic E-state index is 0.00564. The van der Waals surface area contributed by atoms with E-state index in [0.29, 0.717) is 18.0 Å². The summed E-state index contributed by atoms with van der Waals surface area (Å²) in [5.41, 5.74) is 0.401. The fraction of sp³-hybridized carbons (Fsp3) is 0.929. The van der Waals surface area contributed by atoms with E-state index in [4.69, 9.17) is 0 Å². The van der Waals surface area contributed by atoms with Crippen LogP contribution in [-0.2, 0) is 0 Å². The van der Waals surface area contributed by atoms with Crippen LogP contribution in [0.4, 0.5) is 4.79 Å². The summed E-state index contributed by atoms with van der Waals surface area (Å²) in [7, 11) is 0. The Bertz CT molecular complexity index is 245. The van der Waals surface area contributed by atoms with Crippen molar-refractivity contribution in [3.63, 3.8) is 0 Å². The van der Waals surface area contributed by atoms with Gasteiger partial charge in [-0.1, -0.05) is 33.6 Å². The highest BCUT2D eigenvalue weighted by Crippen LogP contribution is 2.34. The molecule has 0 bridgehead atoms. The van der Waals surface area contributed by atoms with Gasteiger partial charge in [-0.2, -0.15) is 0 Å². The van der Waals surface area contributed by atoms with Crippen LogP contribution in [-0.4, -0.2) is 18.6 Å². The van der Waals surface area contributed by atoms with Gasteiger partial charge in [-0.15, -0.1) is 0 Å². The molecule has 0 heterocycles. The molecule has 0 spiro atoms. The number of amides is 2. The molecule has 1 aliphatic rings. The van der Waals surface area contributed by atoms with Crippen LogP contribution in [0.5, 0.6) is 0 Å². The summed E-state index contributed by atoms with van der Waals surface area (Å²) in [6, 6.07) is 0.372. The number of carbonyl (C=O) groups excluding carboxylic acids is 1. The lowest BCUT2D eigenvalue weighted by molar-refractivity contribution is 0.202. The van der Waals surface area contributed by atoms with E-state index >= 15 is 0 Å². The normalized spacial score (nSPS) is 25.4. The molecule has 0 radical (unpaired) electrons. The first-order valence-corrected chi connectivity index (χ1v) is 6.95. The summed E-state index contributed by atoms with van der Waals surface area (Å²) in [5, 5.41) is 5.89.